The number of aromatic nitrogens is 1. The number of hydrogen-bond donors (Lipinski definition) is 3. The molecule has 1 saturated carbocycles. The molecule has 0 atom stereocenters. The van der Waals surface area contributed by atoms with Crippen molar-refractivity contribution in [2.24, 2.45) is 0 Å². The van der Waals surface area contributed by atoms with E-state index in [1.165, 1.54) is 0 Å². The molecule has 1 heterocycles. The first-order chi connectivity index (χ1) is 9.78. The van der Waals surface area contributed by atoms with Crippen molar-refractivity contribution in [2.45, 2.75) is 37.8 Å². The van der Waals surface area contributed by atoms with E-state index in [9.17, 15) is 4.79 Å². The van der Waals surface area contributed by atoms with Crippen molar-refractivity contribution in [2.75, 3.05) is 7.05 Å². The first-order valence-corrected chi connectivity index (χ1v) is 7.32. The number of carbonyl (C=O) groups is 1. The van der Waals surface area contributed by atoms with Crippen molar-refractivity contribution in [3.05, 3.63) is 36.0 Å². The lowest BCUT2D eigenvalue weighted by Crippen LogP contribution is -2.41. The summed E-state index contributed by atoms with van der Waals surface area (Å²) in [6, 6.07) is 8.68. The average Bonchev–Trinajstić information content (AvgIpc) is 2.96. The number of nitrogens with one attached hydrogen (secondary N) is 3. The second-order valence-electron chi connectivity index (χ2n) is 5.56. The van der Waals surface area contributed by atoms with Gasteiger partial charge >= 0.3 is 0 Å². The highest BCUT2D eigenvalue weighted by Gasteiger charge is 2.22. The molecule has 2 aromatic rings. The van der Waals surface area contributed by atoms with Crippen LogP contribution in [0.1, 0.15) is 36.0 Å². The third-order valence-corrected chi connectivity index (χ3v) is 4.31. The van der Waals surface area contributed by atoms with Crippen LogP contribution in [0.3, 0.4) is 0 Å². The van der Waals surface area contributed by atoms with Crippen LogP contribution in [0.15, 0.2) is 30.5 Å². The molecule has 1 fully saturated rings. The predicted octanol–water partition coefficient (Wildman–Crippen LogP) is 2.43. The van der Waals surface area contributed by atoms with Crippen LogP contribution in [0.5, 0.6) is 0 Å². The molecule has 0 aliphatic heterocycles. The number of aromatic amines is 1. The normalized spacial score (nSPS) is 22.9. The van der Waals surface area contributed by atoms with Crippen LogP contribution in [0.2, 0.25) is 0 Å². The molecule has 1 aromatic carbocycles. The molecular formula is C16H21N3O. The maximum absolute atomic E-state index is 12.4. The second-order valence-corrected chi connectivity index (χ2v) is 5.56. The van der Waals surface area contributed by atoms with Gasteiger partial charge in [0.2, 0.25) is 0 Å². The summed E-state index contributed by atoms with van der Waals surface area (Å²) >= 11 is 0. The van der Waals surface area contributed by atoms with Gasteiger partial charge in [0.05, 0.1) is 0 Å². The first kappa shape index (κ1) is 13.2. The second kappa shape index (κ2) is 5.67. The largest absolute Gasteiger partial charge is 0.361 e. The molecule has 4 heteroatoms. The number of hydrogen-bond acceptors (Lipinski definition) is 2. The van der Waals surface area contributed by atoms with Crippen molar-refractivity contribution < 1.29 is 4.79 Å². The minimum absolute atomic E-state index is 0.0445. The van der Waals surface area contributed by atoms with E-state index >= 15 is 0 Å². The fourth-order valence-electron chi connectivity index (χ4n) is 3.07. The summed E-state index contributed by atoms with van der Waals surface area (Å²) in [5.41, 5.74) is 1.77. The SMILES string of the molecule is CNC1CCC(NC(=O)c2cccc3[nH]ccc23)CC1. The van der Waals surface area contributed by atoms with Crippen LogP contribution in [0.25, 0.3) is 10.9 Å². The molecule has 106 valence electrons. The van der Waals surface area contributed by atoms with Crippen LogP contribution in [-0.2, 0) is 0 Å². The van der Waals surface area contributed by atoms with E-state index < -0.39 is 0 Å². The molecule has 1 aliphatic carbocycles. The Morgan fingerprint density at radius 1 is 1.15 bits per heavy atom. The topological polar surface area (TPSA) is 56.9 Å². The van der Waals surface area contributed by atoms with E-state index in [-0.39, 0.29) is 5.91 Å². The van der Waals surface area contributed by atoms with Gasteiger partial charge in [-0.05, 0) is 50.9 Å². The van der Waals surface area contributed by atoms with Crippen molar-refractivity contribution in [3.63, 3.8) is 0 Å². The van der Waals surface area contributed by atoms with Crippen LogP contribution < -0.4 is 10.6 Å². The van der Waals surface area contributed by atoms with E-state index in [1.807, 2.05) is 37.5 Å². The van der Waals surface area contributed by atoms with E-state index in [0.29, 0.717) is 12.1 Å². The van der Waals surface area contributed by atoms with Gasteiger partial charge in [-0.15, -0.1) is 0 Å². The average molecular weight is 271 g/mol. The van der Waals surface area contributed by atoms with Crippen LogP contribution in [0.4, 0.5) is 0 Å². The standard InChI is InChI=1S/C16H21N3O/c1-17-11-5-7-12(8-6-11)19-16(20)14-3-2-4-15-13(14)9-10-18-15/h2-4,9-12,17-18H,5-8H2,1H3,(H,19,20). The number of benzene rings is 1. The third kappa shape index (κ3) is 2.56. The van der Waals surface area contributed by atoms with Gasteiger partial charge in [-0.3, -0.25) is 4.79 Å². The Kier molecular flexibility index (Phi) is 3.74. The third-order valence-electron chi connectivity index (χ3n) is 4.31. The summed E-state index contributed by atoms with van der Waals surface area (Å²) in [5.74, 6) is 0.0445. The van der Waals surface area contributed by atoms with E-state index in [0.717, 1.165) is 42.1 Å². The zero-order chi connectivity index (χ0) is 13.9. The fourth-order valence-corrected chi connectivity index (χ4v) is 3.07. The number of fused-ring (bicyclic) bond motifs is 1. The van der Waals surface area contributed by atoms with E-state index in [4.69, 9.17) is 0 Å². The molecule has 1 aliphatic rings. The molecule has 0 bridgehead atoms. The highest BCUT2D eigenvalue weighted by atomic mass is 16.1. The fraction of sp³-hybridized carbons (Fsp3) is 0.438. The molecule has 1 aromatic heterocycles. The van der Waals surface area contributed by atoms with Crippen molar-refractivity contribution in [1.29, 1.82) is 0 Å². The Balaban J connectivity index is 1.69. The Bertz CT molecular complexity index is 597. The summed E-state index contributed by atoms with van der Waals surface area (Å²) in [7, 11) is 2.01. The van der Waals surface area contributed by atoms with Gasteiger partial charge in [-0.2, -0.15) is 0 Å². The van der Waals surface area contributed by atoms with Crippen molar-refractivity contribution in [1.82, 2.24) is 15.6 Å². The number of amides is 1. The summed E-state index contributed by atoms with van der Waals surface area (Å²) in [5, 5.41) is 7.49. The summed E-state index contributed by atoms with van der Waals surface area (Å²) < 4.78 is 0. The minimum Gasteiger partial charge on any atom is -0.361 e. The quantitative estimate of drug-likeness (QED) is 0.803. The molecule has 1 amide bonds. The smallest absolute Gasteiger partial charge is 0.252 e. The lowest BCUT2D eigenvalue weighted by atomic mass is 9.91. The van der Waals surface area contributed by atoms with E-state index in [2.05, 4.69) is 15.6 Å². The lowest BCUT2D eigenvalue weighted by molar-refractivity contribution is 0.0926. The maximum atomic E-state index is 12.4. The van der Waals surface area contributed by atoms with E-state index in [1.54, 1.807) is 0 Å². The molecule has 3 N–H and O–H groups in total. The van der Waals surface area contributed by atoms with Crippen molar-refractivity contribution >= 4 is 16.8 Å². The van der Waals surface area contributed by atoms with Crippen LogP contribution in [-0.4, -0.2) is 30.0 Å². The predicted molar refractivity (Wildman–Crippen MR) is 80.9 cm³/mol. The van der Waals surface area contributed by atoms with Gasteiger partial charge in [0.1, 0.15) is 0 Å². The van der Waals surface area contributed by atoms with Gasteiger partial charge in [0.25, 0.3) is 5.91 Å². The van der Waals surface area contributed by atoms with Crippen LogP contribution >= 0.6 is 0 Å². The van der Waals surface area contributed by atoms with Gasteiger partial charge in [0, 0.05) is 34.7 Å². The minimum atomic E-state index is 0.0445. The van der Waals surface area contributed by atoms with Crippen LogP contribution in [0, 0.1) is 0 Å². The summed E-state index contributed by atoms with van der Waals surface area (Å²) in [6.07, 6.45) is 6.26. The molecule has 0 spiro atoms. The molecule has 0 saturated heterocycles. The Morgan fingerprint density at radius 3 is 2.65 bits per heavy atom. The Hall–Kier alpha value is -1.81. The number of H-pyrrole nitrogens is 1. The monoisotopic (exact) mass is 271 g/mol. The molecule has 0 unspecified atom stereocenters. The van der Waals surface area contributed by atoms with Gasteiger partial charge < -0.3 is 15.6 Å². The first-order valence-electron chi connectivity index (χ1n) is 7.32. The van der Waals surface area contributed by atoms with Gasteiger partial charge in [-0.1, -0.05) is 6.07 Å². The molecular weight excluding hydrogens is 250 g/mol. The lowest BCUT2D eigenvalue weighted by Gasteiger charge is -2.28. The highest BCUT2D eigenvalue weighted by Crippen LogP contribution is 2.21. The maximum Gasteiger partial charge on any atom is 0.252 e. The highest BCUT2D eigenvalue weighted by molar-refractivity contribution is 6.06. The molecule has 4 nitrogen and oxygen atoms in total. The Labute approximate surface area is 118 Å². The Morgan fingerprint density at radius 2 is 1.90 bits per heavy atom. The number of rotatable bonds is 3. The zero-order valence-corrected chi connectivity index (χ0v) is 11.8. The molecule has 3 rings (SSSR count). The number of carbonyl (C=O) groups excluding carboxylic acids is 1. The summed E-state index contributed by atoms with van der Waals surface area (Å²) in [4.78, 5) is 15.6. The molecule has 20 heavy (non-hydrogen) atoms. The van der Waals surface area contributed by atoms with Crippen molar-refractivity contribution in [3.8, 4) is 0 Å². The van der Waals surface area contributed by atoms with Gasteiger partial charge in [-0.25, -0.2) is 0 Å². The van der Waals surface area contributed by atoms with Gasteiger partial charge in [0.15, 0.2) is 0 Å². The molecule has 0 radical (unpaired) electrons. The zero-order valence-electron chi connectivity index (χ0n) is 11.8. The summed E-state index contributed by atoms with van der Waals surface area (Å²) in [6.45, 7) is 0.